The summed E-state index contributed by atoms with van der Waals surface area (Å²) >= 11 is 0. The molecule has 2 aliphatic rings. The van der Waals surface area contributed by atoms with Gasteiger partial charge in [-0.2, -0.15) is 0 Å². The second-order valence-electron chi connectivity index (χ2n) is 7.41. The van der Waals surface area contributed by atoms with Crippen LogP contribution >= 0.6 is 24.0 Å². The lowest BCUT2D eigenvalue weighted by molar-refractivity contribution is -0.126. The van der Waals surface area contributed by atoms with E-state index in [1.165, 1.54) is 19.3 Å². The van der Waals surface area contributed by atoms with E-state index in [1.54, 1.807) is 14.1 Å². The molecule has 0 aromatic rings. The Labute approximate surface area is 180 Å². The number of rotatable bonds is 6. The molecule has 156 valence electrons. The van der Waals surface area contributed by atoms with Gasteiger partial charge in [-0.3, -0.25) is 14.6 Å². The van der Waals surface area contributed by atoms with Crippen LogP contribution in [0.2, 0.25) is 0 Å². The van der Waals surface area contributed by atoms with Crippen LogP contribution in [0.1, 0.15) is 51.4 Å². The van der Waals surface area contributed by atoms with Gasteiger partial charge in [-0.05, 0) is 31.6 Å². The number of nitrogens with zero attached hydrogens (tertiary/aromatic N) is 2. The lowest BCUT2D eigenvalue weighted by Crippen LogP contribution is -2.48. The number of guanidine groups is 1. The molecule has 1 heterocycles. The molecule has 0 atom stereocenters. The normalized spacial score (nSPS) is 19.2. The second kappa shape index (κ2) is 13.2. The number of piperidine rings is 1. The zero-order valence-corrected chi connectivity index (χ0v) is 19.1. The van der Waals surface area contributed by atoms with E-state index in [1.807, 2.05) is 0 Å². The Bertz CT molecular complexity index is 486. The van der Waals surface area contributed by atoms with Gasteiger partial charge in [0, 0.05) is 52.6 Å². The van der Waals surface area contributed by atoms with Crippen LogP contribution in [0.25, 0.3) is 0 Å². The predicted octanol–water partition coefficient (Wildman–Crippen LogP) is 1.72. The minimum absolute atomic E-state index is 0. The van der Waals surface area contributed by atoms with Gasteiger partial charge in [0.1, 0.15) is 0 Å². The fraction of sp³-hybridized carbons (Fsp3) is 0.842. The Morgan fingerprint density at radius 1 is 1.00 bits per heavy atom. The molecule has 8 heteroatoms. The summed E-state index contributed by atoms with van der Waals surface area (Å²) in [6, 6.07) is 0. The average Bonchev–Trinajstić information content (AvgIpc) is 2.69. The van der Waals surface area contributed by atoms with E-state index < -0.39 is 0 Å². The third kappa shape index (κ3) is 8.23. The molecule has 2 amide bonds. The van der Waals surface area contributed by atoms with E-state index in [0.29, 0.717) is 25.4 Å². The van der Waals surface area contributed by atoms with Crippen molar-refractivity contribution < 1.29 is 9.59 Å². The summed E-state index contributed by atoms with van der Waals surface area (Å²) in [6.45, 7) is 3.14. The summed E-state index contributed by atoms with van der Waals surface area (Å²) in [5.41, 5.74) is 0. The minimum atomic E-state index is 0. The second-order valence-corrected chi connectivity index (χ2v) is 7.41. The van der Waals surface area contributed by atoms with Gasteiger partial charge in [0.15, 0.2) is 5.96 Å². The Morgan fingerprint density at radius 3 is 2.22 bits per heavy atom. The molecule has 1 aliphatic carbocycles. The van der Waals surface area contributed by atoms with E-state index in [0.717, 1.165) is 44.7 Å². The molecule has 3 N–H and O–H groups in total. The van der Waals surface area contributed by atoms with Crippen LogP contribution in [-0.4, -0.2) is 62.9 Å². The number of carbonyl (C=O) groups excluding carboxylic acids is 2. The topological polar surface area (TPSA) is 85.8 Å². The van der Waals surface area contributed by atoms with E-state index >= 15 is 0 Å². The number of nitrogens with one attached hydrogen (secondary N) is 3. The smallest absolute Gasteiger partial charge is 0.223 e. The van der Waals surface area contributed by atoms with Gasteiger partial charge in [-0.1, -0.05) is 19.3 Å². The predicted molar refractivity (Wildman–Crippen MR) is 119 cm³/mol. The maximum Gasteiger partial charge on any atom is 0.223 e. The lowest BCUT2D eigenvalue weighted by atomic mass is 9.89. The van der Waals surface area contributed by atoms with Crippen LogP contribution in [0, 0.1) is 11.8 Å². The van der Waals surface area contributed by atoms with Crippen LogP contribution in [0.5, 0.6) is 0 Å². The molecule has 0 radical (unpaired) electrons. The third-order valence-electron chi connectivity index (χ3n) is 5.56. The minimum Gasteiger partial charge on any atom is -0.359 e. The van der Waals surface area contributed by atoms with Crippen molar-refractivity contribution in [2.75, 3.05) is 40.3 Å². The summed E-state index contributed by atoms with van der Waals surface area (Å²) in [6.07, 6.45) is 8.32. The molecule has 0 unspecified atom stereocenters. The van der Waals surface area contributed by atoms with Crippen LogP contribution in [0.3, 0.4) is 0 Å². The molecular formula is C19H36IN5O2. The number of hydrogen-bond acceptors (Lipinski definition) is 3. The van der Waals surface area contributed by atoms with E-state index in [2.05, 4.69) is 25.8 Å². The molecular weight excluding hydrogens is 457 g/mol. The van der Waals surface area contributed by atoms with Gasteiger partial charge in [-0.25, -0.2) is 0 Å². The number of aliphatic imine (C=N–C) groups is 1. The first-order valence-electron chi connectivity index (χ1n) is 10.1. The molecule has 0 aromatic heterocycles. The summed E-state index contributed by atoms with van der Waals surface area (Å²) in [5, 5.41) is 9.10. The lowest BCUT2D eigenvalue weighted by Gasteiger charge is -2.34. The van der Waals surface area contributed by atoms with Crippen molar-refractivity contribution in [2.45, 2.75) is 51.4 Å². The molecule has 2 fully saturated rings. The van der Waals surface area contributed by atoms with Crippen molar-refractivity contribution in [1.82, 2.24) is 20.9 Å². The molecule has 27 heavy (non-hydrogen) atoms. The van der Waals surface area contributed by atoms with Crippen LogP contribution in [0.4, 0.5) is 0 Å². The summed E-state index contributed by atoms with van der Waals surface area (Å²) in [7, 11) is 3.48. The number of amides is 2. The standard InChI is InChI=1S/C19H35N5O2.HI/c1-20-17(25)14-15-8-12-24(13-9-15)19(21-2)23-11-10-22-18(26)16-6-4-3-5-7-16;/h15-16H,3-14H2,1-2H3,(H,20,25)(H,21,23)(H,22,26);1H. The molecule has 1 saturated carbocycles. The first-order chi connectivity index (χ1) is 12.6. The van der Waals surface area contributed by atoms with Crippen molar-refractivity contribution in [3.8, 4) is 0 Å². The molecule has 0 bridgehead atoms. The monoisotopic (exact) mass is 493 g/mol. The Balaban J connectivity index is 0.00000364. The summed E-state index contributed by atoms with van der Waals surface area (Å²) in [4.78, 5) is 30.3. The number of hydrogen-bond donors (Lipinski definition) is 3. The highest BCUT2D eigenvalue weighted by molar-refractivity contribution is 14.0. The van der Waals surface area contributed by atoms with Crippen molar-refractivity contribution in [3.63, 3.8) is 0 Å². The van der Waals surface area contributed by atoms with Crippen molar-refractivity contribution in [1.29, 1.82) is 0 Å². The Morgan fingerprint density at radius 2 is 1.63 bits per heavy atom. The van der Waals surface area contributed by atoms with E-state index in [4.69, 9.17) is 0 Å². The SMILES string of the molecule is CN=C(NCCNC(=O)C1CCCCC1)N1CCC(CC(=O)NC)CC1.I. The Kier molecular flexibility index (Phi) is 11.7. The fourth-order valence-corrected chi connectivity index (χ4v) is 3.91. The maximum absolute atomic E-state index is 12.2. The third-order valence-corrected chi connectivity index (χ3v) is 5.56. The summed E-state index contributed by atoms with van der Waals surface area (Å²) in [5.74, 6) is 1.88. The Hall–Kier alpha value is -1.06. The zero-order valence-electron chi connectivity index (χ0n) is 16.8. The quantitative estimate of drug-likeness (QED) is 0.228. The molecule has 0 aromatic carbocycles. The highest BCUT2D eigenvalue weighted by Crippen LogP contribution is 2.23. The molecule has 2 rings (SSSR count). The molecule has 7 nitrogen and oxygen atoms in total. The number of likely N-dealkylation sites (tertiary alicyclic amines) is 1. The largest absolute Gasteiger partial charge is 0.359 e. The van der Waals surface area contributed by atoms with Crippen LogP contribution in [-0.2, 0) is 9.59 Å². The molecule has 1 aliphatic heterocycles. The van der Waals surface area contributed by atoms with Crippen molar-refractivity contribution in [3.05, 3.63) is 0 Å². The zero-order chi connectivity index (χ0) is 18.8. The fourth-order valence-electron chi connectivity index (χ4n) is 3.91. The number of carbonyl (C=O) groups is 2. The van der Waals surface area contributed by atoms with E-state index in [9.17, 15) is 9.59 Å². The van der Waals surface area contributed by atoms with Crippen LogP contribution in [0.15, 0.2) is 4.99 Å². The van der Waals surface area contributed by atoms with E-state index in [-0.39, 0.29) is 41.7 Å². The average molecular weight is 493 g/mol. The van der Waals surface area contributed by atoms with Gasteiger partial charge in [0.2, 0.25) is 11.8 Å². The van der Waals surface area contributed by atoms with Gasteiger partial charge in [-0.15, -0.1) is 24.0 Å². The van der Waals surface area contributed by atoms with Gasteiger partial charge >= 0.3 is 0 Å². The van der Waals surface area contributed by atoms with Gasteiger partial charge in [0.25, 0.3) is 0 Å². The highest BCUT2D eigenvalue weighted by Gasteiger charge is 2.23. The van der Waals surface area contributed by atoms with Gasteiger partial charge in [0.05, 0.1) is 0 Å². The van der Waals surface area contributed by atoms with Gasteiger partial charge < -0.3 is 20.9 Å². The summed E-state index contributed by atoms with van der Waals surface area (Å²) < 4.78 is 0. The molecule has 0 spiro atoms. The number of halogens is 1. The first-order valence-corrected chi connectivity index (χ1v) is 10.1. The van der Waals surface area contributed by atoms with Crippen molar-refractivity contribution in [2.24, 2.45) is 16.8 Å². The van der Waals surface area contributed by atoms with Crippen LogP contribution < -0.4 is 16.0 Å². The molecule has 1 saturated heterocycles. The van der Waals surface area contributed by atoms with Crippen molar-refractivity contribution >= 4 is 41.8 Å². The highest BCUT2D eigenvalue weighted by atomic mass is 127. The first kappa shape index (κ1) is 24.0. The maximum atomic E-state index is 12.2.